The summed E-state index contributed by atoms with van der Waals surface area (Å²) in [4.78, 5) is 11.3. The molecule has 4 aromatic rings. The summed E-state index contributed by atoms with van der Waals surface area (Å²) >= 11 is 0. The van der Waals surface area contributed by atoms with Gasteiger partial charge in [0.2, 0.25) is 11.3 Å². The van der Waals surface area contributed by atoms with Crippen LogP contribution in [-0.4, -0.2) is 20.9 Å². The Kier molecular flexibility index (Phi) is 8.74. The maximum absolute atomic E-state index is 13.7. The van der Waals surface area contributed by atoms with Crippen LogP contribution in [0.25, 0.3) is 0 Å². The Hall–Kier alpha value is -5.04. The summed E-state index contributed by atoms with van der Waals surface area (Å²) in [5, 5.41) is 29.8. The maximum Gasteiger partial charge on any atom is 0.442 e. The van der Waals surface area contributed by atoms with Crippen LogP contribution in [0.5, 0.6) is 0 Å². The van der Waals surface area contributed by atoms with Crippen molar-refractivity contribution in [1.29, 1.82) is 0 Å². The minimum absolute atomic E-state index is 0.0562. The van der Waals surface area contributed by atoms with Crippen molar-refractivity contribution < 1.29 is 26.3 Å². The maximum atomic E-state index is 13.7. The molecule has 0 saturated carbocycles. The van der Waals surface area contributed by atoms with Crippen molar-refractivity contribution in [2.45, 2.75) is 81.0 Å². The lowest BCUT2D eigenvalue weighted by Crippen LogP contribution is -2.71. The molecular formula is C37H35F6N11Si. The fraction of sp³-hybridized carbons (Fsp3) is 0.351. The molecule has 4 aliphatic heterocycles. The molecule has 0 aliphatic carbocycles. The number of rotatable bonds is 16. The summed E-state index contributed by atoms with van der Waals surface area (Å²) < 4.78 is 82.0. The van der Waals surface area contributed by atoms with Gasteiger partial charge in [-0.2, -0.15) is 46.8 Å². The molecule has 0 bridgehead atoms. The molecule has 0 spiro atoms. The lowest BCUT2D eigenvalue weighted by Gasteiger charge is -2.35. The van der Waals surface area contributed by atoms with Gasteiger partial charge in [-0.25, -0.2) is 0 Å². The first kappa shape index (κ1) is 36.9. The van der Waals surface area contributed by atoms with Gasteiger partial charge in [-0.3, -0.25) is 0 Å². The summed E-state index contributed by atoms with van der Waals surface area (Å²) in [6.45, 7) is 4.93. The Morgan fingerprint density at radius 3 is 1.00 bits per heavy atom. The van der Waals surface area contributed by atoms with Gasteiger partial charge in [0.1, 0.15) is 0 Å². The third-order valence-corrected chi connectivity index (χ3v) is 13.8. The first-order valence-corrected chi connectivity index (χ1v) is 19.8. The number of aryl methyl sites for hydroxylation is 1. The second-order valence-corrected chi connectivity index (χ2v) is 17.8. The van der Waals surface area contributed by atoms with E-state index in [-0.39, 0.29) is 11.1 Å². The van der Waals surface area contributed by atoms with Crippen molar-refractivity contribution in [1.82, 2.24) is 14.9 Å². The van der Waals surface area contributed by atoms with E-state index in [1.165, 1.54) is 24.3 Å². The molecule has 284 valence electrons. The first-order chi connectivity index (χ1) is 26.1. The molecule has 8 rings (SSSR count). The highest BCUT2D eigenvalue weighted by molar-refractivity contribution is 6.72. The molecule has 4 heterocycles. The predicted octanol–water partition coefficient (Wildman–Crippen LogP) is 9.18. The van der Waals surface area contributed by atoms with Crippen LogP contribution in [-0.2, 0) is 48.7 Å². The number of halogens is 6. The Balaban J connectivity index is 1.05. The largest absolute Gasteiger partial charge is 0.442 e. The van der Waals surface area contributed by atoms with Crippen LogP contribution in [0.15, 0.2) is 138 Å². The number of nitrogens with zero attached hydrogens (tertiary/aromatic N) is 8. The van der Waals surface area contributed by atoms with Gasteiger partial charge in [-0.1, -0.05) is 97.1 Å². The fourth-order valence-electron chi connectivity index (χ4n) is 6.44. The molecular weight excluding hydrogens is 741 g/mol. The van der Waals surface area contributed by atoms with Gasteiger partial charge >= 0.3 is 23.7 Å². The lowest BCUT2D eigenvalue weighted by molar-refractivity contribution is -0.166. The van der Waals surface area contributed by atoms with Gasteiger partial charge in [0.25, 0.3) is 8.56 Å². The lowest BCUT2D eigenvalue weighted by atomic mass is 10.0. The number of benzene rings is 4. The topological polar surface area (TPSA) is 135 Å². The summed E-state index contributed by atoms with van der Waals surface area (Å²) in [5.41, 5.74) is -0.646. The van der Waals surface area contributed by atoms with Crippen molar-refractivity contribution in [3.05, 3.63) is 142 Å². The van der Waals surface area contributed by atoms with Crippen molar-refractivity contribution in [2.75, 3.05) is 0 Å². The Morgan fingerprint density at radius 2 is 0.727 bits per heavy atom. The van der Waals surface area contributed by atoms with E-state index in [9.17, 15) is 26.3 Å². The highest BCUT2D eigenvalue weighted by Gasteiger charge is 2.66. The molecule has 0 radical (unpaired) electrons. The van der Waals surface area contributed by atoms with E-state index in [0.717, 1.165) is 33.4 Å². The molecule has 0 fully saturated rings. The van der Waals surface area contributed by atoms with Crippen molar-refractivity contribution in [2.24, 2.45) is 40.9 Å². The molecule has 0 saturated heterocycles. The van der Waals surface area contributed by atoms with E-state index in [4.69, 9.17) is 0 Å². The standard InChI is InChI=1S/C37H35F6N11Si/c1-32(47-48-32)28-11-3-24(4-12-28)19-20-55(44-21-25-5-13-29(14-6-25)33(2)49-50-33,45-22-26-7-15-30(16-8-26)34(51-52-34)36(38,39)40)46-23-27-9-17-31(18-10-27)35(53-54-35)37(41,42)43/h3-18,44-46H,19-23H2,1-2H3. The van der Waals surface area contributed by atoms with Crippen LogP contribution in [0.3, 0.4) is 0 Å². The fourth-order valence-corrected chi connectivity index (χ4v) is 9.53. The van der Waals surface area contributed by atoms with Crippen LogP contribution >= 0.6 is 0 Å². The third-order valence-electron chi connectivity index (χ3n) is 10.5. The average molecular weight is 776 g/mol. The van der Waals surface area contributed by atoms with E-state index in [1.54, 1.807) is 24.3 Å². The van der Waals surface area contributed by atoms with E-state index in [1.807, 2.05) is 62.4 Å². The second-order valence-electron chi connectivity index (χ2n) is 14.4. The molecule has 3 N–H and O–H groups in total. The zero-order chi connectivity index (χ0) is 38.7. The average Bonchev–Trinajstić information content (AvgIpc) is 3.96. The Labute approximate surface area is 312 Å². The van der Waals surface area contributed by atoms with Gasteiger partial charge in [0.05, 0.1) is 0 Å². The Morgan fingerprint density at radius 1 is 0.436 bits per heavy atom. The van der Waals surface area contributed by atoms with Gasteiger partial charge < -0.3 is 14.9 Å². The van der Waals surface area contributed by atoms with Crippen molar-refractivity contribution in [3.8, 4) is 0 Å². The van der Waals surface area contributed by atoms with E-state index in [2.05, 4.69) is 55.9 Å². The van der Waals surface area contributed by atoms with Crippen LogP contribution < -0.4 is 14.9 Å². The number of hydrogen-bond donors (Lipinski definition) is 3. The highest BCUT2D eigenvalue weighted by Crippen LogP contribution is 2.53. The first-order valence-electron chi connectivity index (χ1n) is 17.6. The van der Waals surface area contributed by atoms with Crippen LogP contribution in [0.1, 0.15) is 58.4 Å². The van der Waals surface area contributed by atoms with Gasteiger partial charge in [0.15, 0.2) is 0 Å². The molecule has 11 nitrogen and oxygen atoms in total. The van der Waals surface area contributed by atoms with Crippen LogP contribution in [0.2, 0.25) is 6.04 Å². The quantitative estimate of drug-likeness (QED) is 0.0774. The zero-order valence-electron chi connectivity index (χ0n) is 29.6. The molecule has 0 unspecified atom stereocenters. The normalized spacial score (nSPS) is 19.1. The highest BCUT2D eigenvalue weighted by atomic mass is 28.4. The molecule has 4 aromatic carbocycles. The molecule has 18 heteroatoms. The third kappa shape index (κ3) is 7.38. The van der Waals surface area contributed by atoms with Crippen LogP contribution in [0, 0.1) is 0 Å². The van der Waals surface area contributed by atoms with Gasteiger partial charge in [0, 0.05) is 41.9 Å². The van der Waals surface area contributed by atoms with Crippen molar-refractivity contribution in [3.63, 3.8) is 0 Å². The van der Waals surface area contributed by atoms with E-state index in [0.29, 0.717) is 32.1 Å². The summed E-state index contributed by atoms with van der Waals surface area (Å²) in [7, 11) is -3.00. The van der Waals surface area contributed by atoms with E-state index >= 15 is 0 Å². The minimum Gasteiger partial charge on any atom is -0.309 e. The SMILES string of the molecule is CC1(c2ccc(CC[Si](NCc3ccc(C4(C)N=N4)cc3)(NCc3ccc(C4(C(F)(F)F)N=N4)cc3)NCc3ccc(C4(C(F)(F)F)N=N4)cc3)cc2)N=N1. The zero-order valence-corrected chi connectivity index (χ0v) is 30.6. The van der Waals surface area contributed by atoms with Gasteiger partial charge in [-0.05, 0) is 48.6 Å². The van der Waals surface area contributed by atoms with Crippen LogP contribution in [0.4, 0.5) is 26.3 Å². The molecule has 0 aromatic heterocycles. The summed E-state index contributed by atoms with van der Waals surface area (Å²) in [5.74, 6) is 0. The second kappa shape index (κ2) is 13.0. The molecule has 0 atom stereocenters. The molecule has 0 amide bonds. The number of nitrogens with one attached hydrogen (secondary N) is 3. The van der Waals surface area contributed by atoms with E-state index < -0.39 is 43.6 Å². The van der Waals surface area contributed by atoms with Crippen molar-refractivity contribution >= 4 is 8.56 Å². The number of hydrogen-bond acceptors (Lipinski definition) is 11. The molecule has 55 heavy (non-hydrogen) atoms. The van der Waals surface area contributed by atoms with Gasteiger partial charge in [-0.15, -0.1) is 20.5 Å². The number of alkyl halides is 6. The monoisotopic (exact) mass is 775 g/mol. The molecule has 4 aliphatic rings. The minimum atomic E-state index is -4.63. The summed E-state index contributed by atoms with van der Waals surface area (Å²) in [6, 6.07) is 28.8. The summed E-state index contributed by atoms with van der Waals surface area (Å²) in [6.07, 6.45) is -8.61. The smallest absolute Gasteiger partial charge is 0.309 e. The Bertz CT molecular complexity index is 2000. The predicted molar refractivity (Wildman–Crippen MR) is 190 cm³/mol.